The van der Waals surface area contributed by atoms with Crippen LogP contribution in [-0.2, 0) is 0 Å². The molecule has 0 amide bonds. The fourth-order valence-corrected chi connectivity index (χ4v) is 1.87. The van der Waals surface area contributed by atoms with Gasteiger partial charge in [-0.3, -0.25) is 0 Å². The number of halogens is 1. The molecule has 0 aliphatic carbocycles. The Balaban J connectivity index is 2.17. The summed E-state index contributed by atoms with van der Waals surface area (Å²) in [5.74, 6) is 0.786. The van der Waals surface area contributed by atoms with Crippen molar-refractivity contribution >= 4 is 17.5 Å². The Labute approximate surface area is 98.2 Å². The maximum atomic E-state index is 9.06. The first-order chi connectivity index (χ1) is 7.72. The summed E-state index contributed by atoms with van der Waals surface area (Å²) in [7, 11) is 1.48. The van der Waals surface area contributed by atoms with E-state index < -0.39 is 0 Å². The van der Waals surface area contributed by atoms with Crippen molar-refractivity contribution in [3.63, 3.8) is 0 Å². The highest BCUT2D eigenvalue weighted by Gasteiger charge is 2.24. The van der Waals surface area contributed by atoms with Gasteiger partial charge in [0.25, 0.3) is 0 Å². The molecule has 1 aromatic heterocycles. The molecule has 1 atom stereocenters. The minimum Gasteiger partial charge on any atom is -0.467 e. The van der Waals surface area contributed by atoms with E-state index in [-0.39, 0.29) is 23.8 Å². The van der Waals surface area contributed by atoms with Crippen LogP contribution in [0.15, 0.2) is 0 Å². The van der Waals surface area contributed by atoms with Crippen LogP contribution in [0, 0.1) is 5.92 Å². The van der Waals surface area contributed by atoms with Crippen molar-refractivity contribution in [2.24, 2.45) is 5.92 Å². The van der Waals surface area contributed by atoms with Crippen LogP contribution in [0.25, 0.3) is 0 Å². The Morgan fingerprint density at radius 2 is 2.31 bits per heavy atom. The van der Waals surface area contributed by atoms with E-state index in [0.29, 0.717) is 5.95 Å². The summed E-state index contributed by atoms with van der Waals surface area (Å²) in [5, 5.41) is 9.18. The van der Waals surface area contributed by atoms with E-state index >= 15 is 0 Å². The molecular formula is C9H13ClN4O2. The van der Waals surface area contributed by atoms with Gasteiger partial charge in [-0.1, -0.05) is 0 Å². The molecule has 0 saturated carbocycles. The zero-order chi connectivity index (χ0) is 11.5. The summed E-state index contributed by atoms with van der Waals surface area (Å²) >= 11 is 5.76. The van der Waals surface area contributed by atoms with Gasteiger partial charge < -0.3 is 14.7 Å². The Morgan fingerprint density at radius 1 is 1.50 bits per heavy atom. The molecule has 1 aromatic rings. The van der Waals surface area contributed by atoms with Gasteiger partial charge in [-0.25, -0.2) is 0 Å². The first-order valence-electron chi connectivity index (χ1n) is 5.04. The Bertz CT molecular complexity index is 377. The predicted octanol–water partition coefficient (Wildman–Crippen LogP) is 0.352. The molecule has 0 bridgehead atoms. The number of rotatable bonds is 3. The molecule has 0 radical (unpaired) electrons. The van der Waals surface area contributed by atoms with Gasteiger partial charge in [0.2, 0.25) is 11.2 Å². The van der Waals surface area contributed by atoms with Gasteiger partial charge in [-0.2, -0.15) is 15.0 Å². The van der Waals surface area contributed by atoms with Gasteiger partial charge in [0.05, 0.1) is 7.11 Å². The summed E-state index contributed by atoms with van der Waals surface area (Å²) in [4.78, 5) is 13.9. The standard InChI is InChI=1S/C9H13ClN4O2/c1-16-9-12-7(10)11-8(13-9)14-3-2-6(4-14)5-15/h6,15H,2-5H2,1H3. The van der Waals surface area contributed by atoms with E-state index in [0.717, 1.165) is 19.5 Å². The molecule has 88 valence electrons. The van der Waals surface area contributed by atoms with E-state index in [1.165, 1.54) is 7.11 Å². The summed E-state index contributed by atoms with van der Waals surface area (Å²) in [6.07, 6.45) is 0.933. The second-order valence-corrected chi connectivity index (χ2v) is 4.01. The van der Waals surface area contributed by atoms with Crippen molar-refractivity contribution in [3.8, 4) is 6.01 Å². The zero-order valence-corrected chi connectivity index (χ0v) is 9.68. The summed E-state index contributed by atoms with van der Waals surface area (Å²) in [6, 6.07) is 0.211. The Kier molecular flexibility index (Phi) is 3.40. The number of ether oxygens (including phenoxy) is 1. The molecule has 0 aromatic carbocycles. The Hall–Kier alpha value is -1.14. The minimum absolute atomic E-state index is 0.120. The van der Waals surface area contributed by atoms with Crippen LogP contribution < -0.4 is 9.64 Å². The smallest absolute Gasteiger partial charge is 0.322 e. The maximum Gasteiger partial charge on any atom is 0.322 e. The number of aliphatic hydroxyl groups excluding tert-OH is 1. The number of nitrogens with zero attached hydrogens (tertiary/aromatic N) is 4. The second kappa shape index (κ2) is 4.80. The fraction of sp³-hybridized carbons (Fsp3) is 0.667. The third-order valence-electron chi connectivity index (χ3n) is 2.59. The molecule has 16 heavy (non-hydrogen) atoms. The molecule has 1 N–H and O–H groups in total. The maximum absolute atomic E-state index is 9.06. The first kappa shape index (κ1) is 11.3. The van der Waals surface area contributed by atoms with E-state index in [1.54, 1.807) is 0 Å². The molecule has 1 fully saturated rings. The number of hydrogen-bond donors (Lipinski definition) is 1. The van der Waals surface area contributed by atoms with Crippen LogP contribution in [0.5, 0.6) is 6.01 Å². The number of anilines is 1. The topological polar surface area (TPSA) is 71.4 Å². The third kappa shape index (κ3) is 2.33. The fourth-order valence-electron chi connectivity index (χ4n) is 1.72. The molecule has 0 spiro atoms. The van der Waals surface area contributed by atoms with E-state index in [4.69, 9.17) is 21.4 Å². The van der Waals surface area contributed by atoms with E-state index in [2.05, 4.69) is 15.0 Å². The van der Waals surface area contributed by atoms with Crippen molar-refractivity contribution in [2.45, 2.75) is 6.42 Å². The van der Waals surface area contributed by atoms with Crippen molar-refractivity contribution < 1.29 is 9.84 Å². The van der Waals surface area contributed by atoms with Crippen molar-refractivity contribution in [1.29, 1.82) is 0 Å². The van der Waals surface area contributed by atoms with Crippen LogP contribution >= 0.6 is 11.6 Å². The van der Waals surface area contributed by atoms with Crippen LogP contribution in [0.1, 0.15) is 6.42 Å². The highest BCUT2D eigenvalue weighted by Crippen LogP contribution is 2.22. The van der Waals surface area contributed by atoms with Gasteiger partial charge in [0, 0.05) is 25.6 Å². The van der Waals surface area contributed by atoms with Gasteiger partial charge >= 0.3 is 6.01 Å². The summed E-state index contributed by atoms with van der Waals surface area (Å²) < 4.78 is 4.93. The lowest BCUT2D eigenvalue weighted by molar-refractivity contribution is 0.238. The van der Waals surface area contributed by atoms with Gasteiger partial charge in [-0.15, -0.1) is 0 Å². The Morgan fingerprint density at radius 3 is 2.94 bits per heavy atom. The molecule has 7 heteroatoms. The van der Waals surface area contributed by atoms with Gasteiger partial charge in [0.1, 0.15) is 0 Å². The normalized spacial score (nSPS) is 20.2. The quantitative estimate of drug-likeness (QED) is 0.828. The van der Waals surface area contributed by atoms with Crippen molar-refractivity contribution in [2.75, 3.05) is 31.7 Å². The minimum atomic E-state index is 0.120. The van der Waals surface area contributed by atoms with Gasteiger partial charge in [-0.05, 0) is 18.0 Å². The molecule has 1 aliphatic heterocycles. The second-order valence-electron chi connectivity index (χ2n) is 3.67. The SMILES string of the molecule is COc1nc(Cl)nc(N2CCC(CO)C2)n1. The van der Waals surface area contributed by atoms with E-state index in [1.807, 2.05) is 4.90 Å². The highest BCUT2D eigenvalue weighted by molar-refractivity contribution is 6.28. The predicted molar refractivity (Wildman–Crippen MR) is 58.8 cm³/mol. The molecule has 2 heterocycles. The zero-order valence-electron chi connectivity index (χ0n) is 8.93. The number of methoxy groups -OCH3 is 1. The molecule has 1 saturated heterocycles. The lowest BCUT2D eigenvalue weighted by Gasteiger charge is -2.15. The van der Waals surface area contributed by atoms with Crippen LogP contribution in [0.4, 0.5) is 5.95 Å². The summed E-state index contributed by atoms with van der Waals surface area (Å²) in [6.45, 7) is 1.74. The molecular weight excluding hydrogens is 232 g/mol. The monoisotopic (exact) mass is 244 g/mol. The lowest BCUT2D eigenvalue weighted by Crippen LogP contribution is -2.23. The average molecular weight is 245 g/mol. The van der Waals surface area contributed by atoms with Crippen molar-refractivity contribution in [1.82, 2.24) is 15.0 Å². The van der Waals surface area contributed by atoms with Crippen LogP contribution in [0.2, 0.25) is 5.28 Å². The number of hydrogen-bond acceptors (Lipinski definition) is 6. The number of aromatic nitrogens is 3. The first-order valence-corrected chi connectivity index (χ1v) is 5.42. The molecule has 1 unspecified atom stereocenters. The van der Waals surface area contributed by atoms with E-state index in [9.17, 15) is 0 Å². The highest BCUT2D eigenvalue weighted by atomic mass is 35.5. The summed E-state index contributed by atoms with van der Waals surface area (Å²) in [5.41, 5.74) is 0. The van der Waals surface area contributed by atoms with Crippen LogP contribution in [-0.4, -0.2) is 46.9 Å². The van der Waals surface area contributed by atoms with Crippen LogP contribution in [0.3, 0.4) is 0 Å². The lowest BCUT2D eigenvalue weighted by atomic mass is 10.1. The third-order valence-corrected chi connectivity index (χ3v) is 2.75. The largest absolute Gasteiger partial charge is 0.467 e. The number of aliphatic hydroxyl groups is 1. The van der Waals surface area contributed by atoms with Gasteiger partial charge in [0.15, 0.2) is 0 Å². The average Bonchev–Trinajstić information content (AvgIpc) is 2.76. The van der Waals surface area contributed by atoms with Crippen molar-refractivity contribution in [3.05, 3.63) is 5.28 Å². The molecule has 1 aliphatic rings. The molecule has 2 rings (SSSR count). The molecule has 6 nitrogen and oxygen atoms in total.